The molecule has 1 aliphatic carbocycles. The van der Waals surface area contributed by atoms with Gasteiger partial charge in [-0.15, -0.1) is 0 Å². The van der Waals surface area contributed by atoms with Crippen molar-refractivity contribution >= 4 is 11.5 Å². The highest BCUT2D eigenvalue weighted by atomic mass is 16.1. The summed E-state index contributed by atoms with van der Waals surface area (Å²) in [7, 11) is 0. The fraction of sp³-hybridized carbons (Fsp3) is 0.211. The van der Waals surface area contributed by atoms with Gasteiger partial charge < -0.3 is 5.32 Å². The molecule has 0 fully saturated rings. The summed E-state index contributed by atoms with van der Waals surface area (Å²) >= 11 is 0. The van der Waals surface area contributed by atoms with Crippen LogP contribution in [0.25, 0.3) is 0 Å². The van der Waals surface area contributed by atoms with Crippen molar-refractivity contribution in [2.45, 2.75) is 25.7 Å². The van der Waals surface area contributed by atoms with Crippen molar-refractivity contribution in [1.82, 2.24) is 0 Å². The third-order valence-electron chi connectivity index (χ3n) is 3.96. The van der Waals surface area contributed by atoms with Gasteiger partial charge in [-0.05, 0) is 36.5 Å². The fourth-order valence-corrected chi connectivity index (χ4v) is 2.83. The molecule has 1 N–H and O–H groups in total. The molecule has 0 radical (unpaired) electrons. The SMILES string of the molecule is Cc1ccccc1NC1=CC(=O)CC(c2ccccc2)C1. The molecule has 1 unspecified atom stereocenters. The minimum Gasteiger partial charge on any atom is -0.359 e. The van der Waals surface area contributed by atoms with E-state index in [9.17, 15) is 4.79 Å². The summed E-state index contributed by atoms with van der Waals surface area (Å²) in [6.07, 6.45) is 3.24. The third kappa shape index (κ3) is 3.22. The number of aryl methyl sites for hydroxylation is 1. The maximum Gasteiger partial charge on any atom is 0.158 e. The second kappa shape index (κ2) is 5.96. The van der Waals surface area contributed by atoms with Gasteiger partial charge in [0.25, 0.3) is 0 Å². The first-order valence-electron chi connectivity index (χ1n) is 7.33. The normalized spacial score (nSPS) is 18.2. The molecule has 2 heteroatoms. The molecule has 0 aliphatic heterocycles. The molecule has 0 aromatic heterocycles. The van der Waals surface area contributed by atoms with Gasteiger partial charge in [0.15, 0.2) is 5.78 Å². The molecule has 1 aliphatic rings. The molecule has 2 nitrogen and oxygen atoms in total. The first kappa shape index (κ1) is 13.6. The number of hydrogen-bond acceptors (Lipinski definition) is 2. The van der Waals surface area contributed by atoms with Gasteiger partial charge in [0, 0.05) is 23.9 Å². The average molecular weight is 277 g/mol. The van der Waals surface area contributed by atoms with Gasteiger partial charge in [-0.25, -0.2) is 0 Å². The van der Waals surface area contributed by atoms with Crippen LogP contribution in [0.3, 0.4) is 0 Å². The molecule has 0 saturated carbocycles. The Kier molecular flexibility index (Phi) is 3.87. The van der Waals surface area contributed by atoms with Gasteiger partial charge in [-0.2, -0.15) is 0 Å². The van der Waals surface area contributed by atoms with E-state index in [0.29, 0.717) is 6.42 Å². The zero-order valence-electron chi connectivity index (χ0n) is 12.2. The van der Waals surface area contributed by atoms with E-state index >= 15 is 0 Å². The van der Waals surface area contributed by atoms with Crippen LogP contribution in [0.1, 0.15) is 29.9 Å². The smallest absolute Gasteiger partial charge is 0.158 e. The summed E-state index contributed by atoms with van der Waals surface area (Å²) in [6.45, 7) is 2.07. The van der Waals surface area contributed by atoms with Crippen LogP contribution in [0.5, 0.6) is 0 Å². The molecule has 106 valence electrons. The molecule has 0 heterocycles. The molecule has 0 spiro atoms. The number of carbonyl (C=O) groups is 1. The number of allylic oxidation sites excluding steroid dienone is 2. The summed E-state index contributed by atoms with van der Waals surface area (Å²) in [4.78, 5) is 12.0. The highest BCUT2D eigenvalue weighted by Crippen LogP contribution is 2.32. The number of para-hydroxylation sites is 1. The van der Waals surface area contributed by atoms with Crippen molar-refractivity contribution in [2.24, 2.45) is 0 Å². The van der Waals surface area contributed by atoms with E-state index < -0.39 is 0 Å². The molecule has 3 rings (SSSR count). The summed E-state index contributed by atoms with van der Waals surface area (Å²) in [5.41, 5.74) is 4.51. The predicted octanol–water partition coefficient (Wildman–Crippen LogP) is 4.44. The Morgan fingerprint density at radius 3 is 2.43 bits per heavy atom. The number of ketones is 1. The maximum atomic E-state index is 12.0. The standard InChI is InChI=1S/C19H19NO/c1-14-7-5-6-10-19(14)20-17-11-16(12-18(21)13-17)15-8-3-2-4-9-15/h2-10,13,16,20H,11-12H2,1H3. The van der Waals surface area contributed by atoms with Crippen LogP contribution >= 0.6 is 0 Å². The highest BCUT2D eigenvalue weighted by Gasteiger charge is 2.22. The molecule has 0 amide bonds. The van der Waals surface area contributed by atoms with Crippen LogP contribution in [-0.2, 0) is 4.79 Å². The lowest BCUT2D eigenvalue weighted by Crippen LogP contribution is -2.17. The summed E-state index contributed by atoms with van der Waals surface area (Å²) in [5, 5.41) is 3.42. The molecule has 1 atom stereocenters. The number of benzene rings is 2. The van der Waals surface area contributed by atoms with E-state index in [1.807, 2.05) is 36.4 Å². The monoisotopic (exact) mass is 277 g/mol. The Hall–Kier alpha value is -2.35. The van der Waals surface area contributed by atoms with Crippen molar-refractivity contribution < 1.29 is 4.79 Å². The number of rotatable bonds is 3. The summed E-state index contributed by atoms with van der Waals surface area (Å²) in [5.74, 6) is 0.474. The first-order valence-corrected chi connectivity index (χ1v) is 7.33. The van der Waals surface area contributed by atoms with E-state index in [2.05, 4.69) is 30.4 Å². The zero-order chi connectivity index (χ0) is 14.7. The van der Waals surface area contributed by atoms with Crippen molar-refractivity contribution in [3.05, 3.63) is 77.5 Å². The molecular formula is C19H19NO. The number of anilines is 1. The van der Waals surface area contributed by atoms with Crippen molar-refractivity contribution in [3.63, 3.8) is 0 Å². The number of nitrogens with one attached hydrogen (secondary N) is 1. The second-order valence-electron chi connectivity index (χ2n) is 5.59. The summed E-state index contributed by atoms with van der Waals surface area (Å²) in [6, 6.07) is 18.4. The van der Waals surface area contributed by atoms with Gasteiger partial charge in [0.05, 0.1) is 0 Å². The van der Waals surface area contributed by atoms with Crippen molar-refractivity contribution in [2.75, 3.05) is 5.32 Å². The van der Waals surface area contributed by atoms with Crippen LogP contribution in [0.15, 0.2) is 66.4 Å². The van der Waals surface area contributed by atoms with Crippen LogP contribution in [0, 0.1) is 6.92 Å². The molecule has 21 heavy (non-hydrogen) atoms. The number of carbonyl (C=O) groups excluding carboxylic acids is 1. The lowest BCUT2D eigenvalue weighted by atomic mass is 9.85. The molecule has 2 aromatic rings. The number of hydrogen-bond donors (Lipinski definition) is 1. The first-order chi connectivity index (χ1) is 10.2. The average Bonchev–Trinajstić information content (AvgIpc) is 2.50. The van der Waals surface area contributed by atoms with Gasteiger partial charge in [0.2, 0.25) is 0 Å². The highest BCUT2D eigenvalue weighted by molar-refractivity contribution is 5.92. The van der Waals surface area contributed by atoms with Crippen LogP contribution in [-0.4, -0.2) is 5.78 Å². The Morgan fingerprint density at radius 1 is 0.952 bits per heavy atom. The van der Waals surface area contributed by atoms with Crippen LogP contribution in [0.4, 0.5) is 5.69 Å². The van der Waals surface area contributed by atoms with Crippen molar-refractivity contribution in [3.8, 4) is 0 Å². The zero-order valence-corrected chi connectivity index (χ0v) is 12.2. The van der Waals surface area contributed by atoms with Gasteiger partial charge >= 0.3 is 0 Å². The Balaban J connectivity index is 1.80. The quantitative estimate of drug-likeness (QED) is 0.898. The van der Waals surface area contributed by atoms with E-state index in [-0.39, 0.29) is 11.7 Å². The lowest BCUT2D eigenvalue weighted by Gasteiger charge is -2.24. The molecular weight excluding hydrogens is 258 g/mol. The summed E-state index contributed by atoms with van der Waals surface area (Å²) < 4.78 is 0. The third-order valence-corrected chi connectivity index (χ3v) is 3.96. The van der Waals surface area contributed by atoms with E-state index in [4.69, 9.17) is 0 Å². The Bertz CT molecular complexity index is 673. The lowest BCUT2D eigenvalue weighted by molar-refractivity contribution is -0.115. The van der Waals surface area contributed by atoms with Gasteiger partial charge in [-0.1, -0.05) is 48.5 Å². The van der Waals surface area contributed by atoms with E-state index in [1.165, 1.54) is 11.1 Å². The minimum atomic E-state index is 0.200. The van der Waals surface area contributed by atoms with Gasteiger partial charge in [-0.3, -0.25) is 4.79 Å². The van der Waals surface area contributed by atoms with Gasteiger partial charge in [0.1, 0.15) is 0 Å². The maximum absolute atomic E-state index is 12.0. The predicted molar refractivity (Wildman–Crippen MR) is 86.3 cm³/mol. The van der Waals surface area contributed by atoms with Crippen molar-refractivity contribution in [1.29, 1.82) is 0 Å². The van der Waals surface area contributed by atoms with Crippen LogP contribution in [0.2, 0.25) is 0 Å². The molecule has 0 bridgehead atoms. The second-order valence-corrected chi connectivity index (χ2v) is 5.59. The topological polar surface area (TPSA) is 29.1 Å². The fourth-order valence-electron chi connectivity index (χ4n) is 2.83. The van der Waals surface area contributed by atoms with Crippen LogP contribution < -0.4 is 5.32 Å². The molecule has 2 aromatic carbocycles. The van der Waals surface area contributed by atoms with E-state index in [0.717, 1.165) is 17.8 Å². The largest absolute Gasteiger partial charge is 0.359 e. The van der Waals surface area contributed by atoms with E-state index in [1.54, 1.807) is 6.08 Å². The minimum absolute atomic E-state index is 0.200. The Morgan fingerprint density at radius 2 is 1.67 bits per heavy atom. The molecule has 0 saturated heterocycles. The Labute approximate surface area is 125 Å².